The molecule has 8 nitrogen and oxygen atoms in total. The summed E-state index contributed by atoms with van der Waals surface area (Å²) >= 11 is 0. The molecule has 0 bridgehead atoms. The number of ether oxygens (including phenoxy) is 1. The number of H-pyrrole nitrogens is 1. The fourth-order valence-electron chi connectivity index (χ4n) is 2.64. The van der Waals surface area contributed by atoms with Gasteiger partial charge in [0.2, 0.25) is 0 Å². The van der Waals surface area contributed by atoms with Crippen molar-refractivity contribution in [3.63, 3.8) is 0 Å². The topological polar surface area (TPSA) is 113 Å². The van der Waals surface area contributed by atoms with Crippen molar-refractivity contribution in [2.45, 2.75) is 26.8 Å². The van der Waals surface area contributed by atoms with Gasteiger partial charge in [-0.1, -0.05) is 19.9 Å². The minimum absolute atomic E-state index is 0.00513. The maximum absolute atomic E-state index is 12.3. The molecule has 3 rings (SSSR count). The molecule has 0 fully saturated rings. The van der Waals surface area contributed by atoms with Crippen LogP contribution in [0.5, 0.6) is 5.75 Å². The summed E-state index contributed by atoms with van der Waals surface area (Å²) in [5, 5.41) is 5.43. The number of carbonyl (C=O) groups is 2. The van der Waals surface area contributed by atoms with Gasteiger partial charge in [0.05, 0.1) is 5.69 Å². The minimum Gasteiger partial charge on any atom is -0.482 e. The van der Waals surface area contributed by atoms with Gasteiger partial charge in [-0.05, 0) is 30.0 Å². The van der Waals surface area contributed by atoms with E-state index >= 15 is 0 Å². The van der Waals surface area contributed by atoms with E-state index in [9.17, 15) is 14.4 Å². The van der Waals surface area contributed by atoms with E-state index in [1.807, 2.05) is 13.8 Å². The van der Waals surface area contributed by atoms with Crippen molar-refractivity contribution < 1.29 is 14.3 Å². The van der Waals surface area contributed by atoms with E-state index in [0.717, 1.165) is 5.56 Å². The first-order valence-electron chi connectivity index (χ1n) is 8.34. The molecule has 3 N–H and O–H groups in total. The summed E-state index contributed by atoms with van der Waals surface area (Å²) in [6.45, 7) is 4.25. The van der Waals surface area contributed by atoms with Crippen LogP contribution in [0.3, 0.4) is 0 Å². The molecule has 0 spiro atoms. The van der Waals surface area contributed by atoms with Gasteiger partial charge in [-0.25, -0.2) is 4.98 Å². The Hall–Kier alpha value is -3.16. The Morgan fingerprint density at radius 1 is 1.31 bits per heavy atom. The molecular weight excluding hydrogens is 336 g/mol. The summed E-state index contributed by atoms with van der Waals surface area (Å²) in [7, 11) is 0. The number of hydrogen-bond donors (Lipinski definition) is 3. The number of aromatic amines is 1. The molecule has 26 heavy (non-hydrogen) atoms. The van der Waals surface area contributed by atoms with E-state index in [1.165, 1.54) is 6.07 Å². The predicted molar refractivity (Wildman–Crippen MR) is 95.1 cm³/mol. The highest BCUT2D eigenvalue weighted by atomic mass is 16.5. The van der Waals surface area contributed by atoms with E-state index in [-0.39, 0.29) is 30.4 Å². The van der Waals surface area contributed by atoms with Crippen molar-refractivity contribution in [3.05, 3.63) is 51.7 Å². The lowest BCUT2D eigenvalue weighted by Gasteiger charge is -2.18. The molecule has 2 amide bonds. The molecule has 136 valence electrons. The van der Waals surface area contributed by atoms with Crippen LogP contribution in [-0.2, 0) is 17.8 Å². The number of aromatic nitrogens is 2. The Balaban J connectivity index is 1.69. The molecule has 0 unspecified atom stereocenters. The quantitative estimate of drug-likeness (QED) is 0.746. The van der Waals surface area contributed by atoms with Crippen LogP contribution in [0.4, 0.5) is 5.69 Å². The van der Waals surface area contributed by atoms with E-state index in [4.69, 9.17) is 4.74 Å². The molecule has 0 saturated carbocycles. The predicted octanol–water partition coefficient (Wildman–Crippen LogP) is 1.23. The van der Waals surface area contributed by atoms with E-state index in [0.29, 0.717) is 29.5 Å². The second kappa shape index (κ2) is 7.38. The summed E-state index contributed by atoms with van der Waals surface area (Å²) < 4.78 is 5.29. The number of amides is 2. The molecular formula is C18H20N4O4. The van der Waals surface area contributed by atoms with Crippen LogP contribution in [0.25, 0.3) is 0 Å². The second-order valence-electron chi connectivity index (χ2n) is 6.53. The number of hydrogen-bond acceptors (Lipinski definition) is 5. The molecule has 1 aromatic carbocycles. The summed E-state index contributed by atoms with van der Waals surface area (Å²) in [4.78, 5) is 42.1. The number of carbonyl (C=O) groups excluding carboxylic acids is 2. The van der Waals surface area contributed by atoms with Crippen LogP contribution in [-0.4, -0.2) is 28.4 Å². The highest BCUT2D eigenvalue weighted by Crippen LogP contribution is 2.28. The van der Waals surface area contributed by atoms with Crippen molar-refractivity contribution >= 4 is 17.5 Å². The first kappa shape index (κ1) is 17.7. The number of fused-ring (bicyclic) bond motifs is 1. The molecule has 2 aromatic rings. The Morgan fingerprint density at radius 3 is 2.88 bits per heavy atom. The molecule has 0 radical (unpaired) electrons. The minimum atomic E-state index is -0.467. The molecule has 1 aromatic heterocycles. The van der Waals surface area contributed by atoms with Gasteiger partial charge in [0.25, 0.3) is 17.4 Å². The maximum atomic E-state index is 12.3. The lowest BCUT2D eigenvalue weighted by Crippen LogP contribution is -2.28. The highest BCUT2D eigenvalue weighted by Gasteiger charge is 2.16. The third-order valence-corrected chi connectivity index (χ3v) is 3.76. The standard InChI is InChI=1S/C18H20N4O4/c1-10(2)5-12-7-15(23)22-17(20-12)18(25)19-8-11-3-4-14-13(6-11)21-16(24)9-26-14/h3-4,6-7,10H,5,8-9H2,1-2H3,(H,19,25)(H,21,24)(H,20,22,23). The zero-order valence-corrected chi connectivity index (χ0v) is 14.6. The van der Waals surface area contributed by atoms with E-state index < -0.39 is 5.91 Å². The van der Waals surface area contributed by atoms with Gasteiger partial charge < -0.3 is 20.4 Å². The van der Waals surface area contributed by atoms with Crippen molar-refractivity contribution in [2.24, 2.45) is 5.92 Å². The maximum Gasteiger partial charge on any atom is 0.287 e. The van der Waals surface area contributed by atoms with Crippen LogP contribution in [0, 0.1) is 5.92 Å². The zero-order chi connectivity index (χ0) is 18.7. The molecule has 0 saturated heterocycles. The van der Waals surface area contributed by atoms with Gasteiger partial charge >= 0.3 is 0 Å². The Labute approximate surface area is 150 Å². The van der Waals surface area contributed by atoms with Gasteiger partial charge in [-0.2, -0.15) is 0 Å². The number of benzene rings is 1. The zero-order valence-electron chi connectivity index (χ0n) is 14.6. The Morgan fingerprint density at radius 2 is 2.12 bits per heavy atom. The first-order chi connectivity index (χ1) is 12.4. The smallest absolute Gasteiger partial charge is 0.287 e. The average molecular weight is 356 g/mol. The van der Waals surface area contributed by atoms with Crippen molar-refractivity contribution in [1.29, 1.82) is 0 Å². The van der Waals surface area contributed by atoms with Crippen LogP contribution in [0.2, 0.25) is 0 Å². The lowest BCUT2D eigenvalue weighted by atomic mass is 10.1. The second-order valence-corrected chi connectivity index (χ2v) is 6.53. The monoisotopic (exact) mass is 356 g/mol. The van der Waals surface area contributed by atoms with Gasteiger partial charge in [0.1, 0.15) is 5.75 Å². The third-order valence-electron chi connectivity index (χ3n) is 3.76. The van der Waals surface area contributed by atoms with Gasteiger partial charge in [0, 0.05) is 18.3 Å². The Kier molecular flexibility index (Phi) is 5.01. The third kappa shape index (κ3) is 4.27. The van der Waals surface area contributed by atoms with Crippen molar-refractivity contribution in [3.8, 4) is 5.75 Å². The van der Waals surface area contributed by atoms with Gasteiger partial charge in [0.15, 0.2) is 12.4 Å². The van der Waals surface area contributed by atoms with Crippen LogP contribution in [0.1, 0.15) is 35.7 Å². The summed E-state index contributed by atoms with van der Waals surface area (Å²) in [5.74, 6) is 0.219. The fraction of sp³-hybridized carbons (Fsp3) is 0.333. The summed E-state index contributed by atoms with van der Waals surface area (Å²) in [5.41, 5.74) is 1.58. The largest absolute Gasteiger partial charge is 0.482 e. The number of rotatable bonds is 5. The molecule has 1 aliphatic rings. The highest BCUT2D eigenvalue weighted by molar-refractivity contribution is 5.95. The molecule has 0 aliphatic carbocycles. The number of nitrogens with zero attached hydrogens (tertiary/aromatic N) is 1. The lowest BCUT2D eigenvalue weighted by molar-refractivity contribution is -0.118. The summed E-state index contributed by atoms with van der Waals surface area (Å²) in [6, 6.07) is 6.67. The van der Waals surface area contributed by atoms with Gasteiger partial charge in [-0.15, -0.1) is 0 Å². The number of nitrogens with one attached hydrogen (secondary N) is 3. The molecule has 8 heteroatoms. The van der Waals surface area contributed by atoms with Crippen LogP contribution in [0.15, 0.2) is 29.1 Å². The van der Waals surface area contributed by atoms with Gasteiger partial charge in [-0.3, -0.25) is 14.4 Å². The van der Waals surface area contributed by atoms with Crippen LogP contribution < -0.4 is 20.9 Å². The van der Waals surface area contributed by atoms with Crippen LogP contribution >= 0.6 is 0 Å². The van der Waals surface area contributed by atoms with E-state index in [2.05, 4.69) is 20.6 Å². The summed E-state index contributed by atoms with van der Waals surface area (Å²) in [6.07, 6.45) is 0.620. The normalized spacial score (nSPS) is 13.0. The Bertz CT molecular complexity index is 904. The van der Waals surface area contributed by atoms with Crippen molar-refractivity contribution in [2.75, 3.05) is 11.9 Å². The van der Waals surface area contributed by atoms with Crippen molar-refractivity contribution in [1.82, 2.24) is 15.3 Å². The van der Waals surface area contributed by atoms with E-state index in [1.54, 1.807) is 18.2 Å². The SMILES string of the molecule is CC(C)Cc1cc(=O)[nH]c(C(=O)NCc2ccc3c(c2)NC(=O)CO3)n1. The fourth-order valence-corrected chi connectivity index (χ4v) is 2.64. The molecule has 0 atom stereocenters. The average Bonchev–Trinajstić information content (AvgIpc) is 2.58. The molecule has 1 aliphatic heterocycles. The molecule has 2 heterocycles. The number of anilines is 1. The first-order valence-corrected chi connectivity index (χ1v) is 8.34.